The highest BCUT2D eigenvalue weighted by Gasteiger charge is 2.01. The molecule has 1 amide bonds. The van der Waals surface area contributed by atoms with Gasteiger partial charge in [-0.15, -0.1) is 0 Å². The Morgan fingerprint density at radius 2 is 1.94 bits per heavy atom. The van der Waals surface area contributed by atoms with E-state index in [9.17, 15) is 4.79 Å². The van der Waals surface area contributed by atoms with Crippen LogP contribution in [0.15, 0.2) is 24.3 Å². The molecule has 0 aliphatic heterocycles. The van der Waals surface area contributed by atoms with E-state index in [1.165, 1.54) is 24.8 Å². The van der Waals surface area contributed by atoms with E-state index in [0.717, 1.165) is 18.5 Å². The molecule has 0 heterocycles. The van der Waals surface area contributed by atoms with Gasteiger partial charge in [-0.1, -0.05) is 44.7 Å². The Kier molecular flexibility index (Phi) is 6.38. The number of hydrogen-bond acceptors (Lipinski definition) is 1. The third-order valence-electron chi connectivity index (χ3n) is 2.81. The molecular formula is C15H23NO. The van der Waals surface area contributed by atoms with Crippen molar-refractivity contribution < 1.29 is 4.79 Å². The summed E-state index contributed by atoms with van der Waals surface area (Å²) in [7, 11) is 0. The van der Waals surface area contributed by atoms with Gasteiger partial charge in [0, 0.05) is 12.1 Å². The maximum atomic E-state index is 11.6. The van der Waals surface area contributed by atoms with Crippen molar-refractivity contribution in [1.29, 1.82) is 0 Å². The second-order valence-corrected chi connectivity index (χ2v) is 4.58. The molecule has 1 aromatic rings. The van der Waals surface area contributed by atoms with Crippen LogP contribution in [0.4, 0.5) is 5.69 Å². The summed E-state index contributed by atoms with van der Waals surface area (Å²) >= 11 is 0. The lowest BCUT2D eigenvalue weighted by molar-refractivity contribution is -0.116. The van der Waals surface area contributed by atoms with Gasteiger partial charge in [0.05, 0.1) is 0 Å². The molecule has 0 saturated heterocycles. The second kappa shape index (κ2) is 7.88. The zero-order chi connectivity index (χ0) is 12.5. The smallest absolute Gasteiger partial charge is 0.224 e. The van der Waals surface area contributed by atoms with Crippen LogP contribution >= 0.6 is 0 Å². The summed E-state index contributed by atoms with van der Waals surface area (Å²) in [6, 6.07) is 7.92. The number of carbonyl (C=O) groups excluding carboxylic acids is 1. The fourth-order valence-electron chi connectivity index (χ4n) is 1.84. The van der Waals surface area contributed by atoms with Crippen molar-refractivity contribution >= 4 is 11.6 Å². The number of aryl methyl sites for hydroxylation is 1. The highest BCUT2D eigenvalue weighted by molar-refractivity contribution is 5.90. The summed E-state index contributed by atoms with van der Waals surface area (Å²) in [4.78, 5) is 11.6. The van der Waals surface area contributed by atoms with Gasteiger partial charge in [0.2, 0.25) is 5.91 Å². The number of unbranched alkanes of at least 4 members (excludes halogenated alkanes) is 4. The van der Waals surface area contributed by atoms with E-state index < -0.39 is 0 Å². The average Bonchev–Trinajstić information content (AvgIpc) is 2.29. The third kappa shape index (κ3) is 6.10. The number of nitrogens with one attached hydrogen (secondary N) is 1. The minimum absolute atomic E-state index is 0.132. The Bertz CT molecular complexity index is 347. The second-order valence-electron chi connectivity index (χ2n) is 4.58. The zero-order valence-corrected chi connectivity index (χ0v) is 11.0. The Morgan fingerprint density at radius 3 is 2.65 bits per heavy atom. The Balaban J connectivity index is 2.21. The minimum Gasteiger partial charge on any atom is -0.326 e. The van der Waals surface area contributed by atoms with Crippen LogP contribution in [-0.4, -0.2) is 5.91 Å². The molecule has 0 aliphatic rings. The van der Waals surface area contributed by atoms with Crippen LogP contribution in [0.25, 0.3) is 0 Å². The topological polar surface area (TPSA) is 29.1 Å². The van der Waals surface area contributed by atoms with Crippen molar-refractivity contribution in [2.75, 3.05) is 5.32 Å². The molecule has 2 nitrogen and oxygen atoms in total. The molecule has 0 bridgehead atoms. The largest absolute Gasteiger partial charge is 0.326 e. The first-order valence-corrected chi connectivity index (χ1v) is 6.59. The van der Waals surface area contributed by atoms with Gasteiger partial charge >= 0.3 is 0 Å². The molecule has 0 saturated carbocycles. The molecule has 0 spiro atoms. The number of carbonyl (C=O) groups is 1. The van der Waals surface area contributed by atoms with Gasteiger partial charge < -0.3 is 5.32 Å². The van der Waals surface area contributed by atoms with Gasteiger partial charge in [0.25, 0.3) is 0 Å². The van der Waals surface area contributed by atoms with Crippen LogP contribution in [0, 0.1) is 6.92 Å². The summed E-state index contributed by atoms with van der Waals surface area (Å²) in [5.74, 6) is 0.132. The monoisotopic (exact) mass is 233 g/mol. The van der Waals surface area contributed by atoms with E-state index in [-0.39, 0.29) is 5.91 Å². The van der Waals surface area contributed by atoms with Crippen LogP contribution < -0.4 is 5.32 Å². The third-order valence-corrected chi connectivity index (χ3v) is 2.81. The minimum atomic E-state index is 0.132. The van der Waals surface area contributed by atoms with Crippen molar-refractivity contribution in [3.63, 3.8) is 0 Å². The Morgan fingerprint density at radius 1 is 1.18 bits per heavy atom. The quantitative estimate of drug-likeness (QED) is 0.699. The number of anilines is 1. The standard InChI is InChI=1S/C15H23NO/c1-3-4-5-6-7-11-15(17)16-14-10-8-9-13(2)12-14/h8-10,12H,3-7,11H2,1-2H3,(H,16,17). The number of benzene rings is 1. The molecule has 0 unspecified atom stereocenters. The molecule has 0 aliphatic carbocycles. The van der Waals surface area contributed by atoms with Gasteiger partial charge in [-0.25, -0.2) is 0 Å². The van der Waals surface area contributed by atoms with Crippen LogP contribution in [-0.2, 0) is 4.79 Å². The maximum absolute atomic E-state index is 11.6. The summed E-state index contributed by atoms with van der Waals surface area (Å²) in [5, 5.41) is 2.93. The lowest BCUT2D eigenvalue weighted by Gasteiger charge is -2.05. The van der Waals surface area contributed by atoms with Crippen LogP contribution in [0.1, 0.15) is 51.0 Å². The van der Waals surface area contributed by atoms with E-state index in [1.807, 2.05) is 31.2 Å². The van der Waals surface area contributed by atoms with Crippen LogP contribution in [0.2, 0.25) is 0 Å². The van der Waals surface area contributed by atoms with Crippen LogP contribution in [0.5, 0.6) is 0 Å². The molecule has 0 radical (unpaired) electrons. The number of rotatable bonds is 7. The first-order valence-electron chi connectivity index (χ1n) is 6.59. The van der Waals surface area contributed by atoms with Crippen molar-refractivity contribution in [1.82, 2.24) is 0 Å². The molecule has 0 fully saturated rings. The molecule has 0 aromatic heterocycles. The summed E-state index contributed by atoms with van der Waals surface area (Å²) in [6.45, 7) is 4.23. The number of hydrogen-bond donors (Lipinski definition) is 1. The first-order chi connectivity index (χ1) is 8.22. The fraction of sp³-hybridized carbons (Fsp3) is 0.533. The molecule has 1 rings (SSSR count). The molecule has 1 N–H and O–H groups in total. The molecular weight excluding hydrogens is 210 g/mol. The Labute approximate surface area is 104 Å². The van der Waals surface area contributed by atoms with Crippen molar-refractivity contribution in [2.24, 2.45) is 0 Å². The first kappa shape index (κ1) is 13.8. The summed E-state index contributed by atoms with van der Waals surface area (Å²) in [5.41, 5.74) is 2.08. The van der Waals surface area contributed by atoms with E-state index in [0.29, 0.717) is 6.42 Å². The molecule has 94 valence electrons. The molecule has 0 atom stereocenters. The van der Waals surface area contributed by atoms with E-state index in [1.54, 1.807) is 0 Å². The van der Waals surface area contributed by atoms with Crippen molar-refractivity contribution in [2.45, 2.75) is 52.4 Å². The maximum Gasteiger partial charge on any atom is 0.224 e. The SMILES string of the molecule is CCCCCCCC(=O)Nc1cccc(C)c1. The fourth-order valence-corrected chi connectivity index (χ4v) is 1.84. The predicted molar refractivity (Wildman–Crippen MR) is 73.2 cm³/mol. The number of amides is 1. The molecule has 2 heteroatoms. The normalized spacial score (nSPS) is 10.2. The average molecular weight is 233 g/mol. The van der Waals surface area contributed by atoms with Crippen molar-refractivity contribution in [3.05, 3.63) is 29.8 Å². The van der Waals surface area contributed by atoms with Gasteiger partial charge in [-0.3, -0.25) is 4.79 Å². The van der Waals surface area contributed by atoms with Gasteiger partial charge in [0.1, 0.15) is 0 Å². The summed E-state index contributed by atoms with van der Waals surface area (Å²) in [6.07, 6.45) is 6.56. The van der Waals surface area contributed by atoms with E-state index in [2.05, 4.69) is 12.2 Å². The molecule has 17 heavy (non-hydrogen) atoms. The predicted octanol–water partition coefficient (Wildman–Crippen LogP) is 4.29. The lowest BCUT2D eigenvalue weighted by Crippen LogP contribution is -2.10. The molecule has 1 aromatic carbocycles. The zero-order valence-electron chi connectivity index (χ0n) is 11.0. The highest BCUT2D eigenvalue weighted by atomic mass is 16.1. The Hall–Kier alpha value is -1.31. The van der Waals surface area contributed by atoms with Gasteiger partial charge in [-0.05, 0) is 31.0 Å². The lowest BCUT2D eigenvalue weighted by atomic mass is 10.1. The summed E-state index contributed by atoms with van der Waals surface area (Å²) < 4.78 is 0. The van der Waals surface area contributed by atoms with Gasteiger partial charge in [0.15, 0.2) is 0 Å². The van der Waals surface area contributed by atoms with Gasteiger partial charge in [-0.2, -0.15) is 0 Å². The van der Waals surface area contributed by atoms with Crippen LogP contribution in [0.3, 0.4) is 0 Å². The highest BCUT2D eigenvalue weighted by Crippen LogP contribution is 2.11. The van der Waals surface area contributed by atoms with E-state index >= 15 is 0 Å². The van der Waals surface area contributed by atoms with E-state index in [4.69, 9.17) is 0 Å². The van der Waals surface area contributed by atoms with Crippen molar-refractivity contribution in [3.8, 4) is 0 Å².